The van der Waals surface area contributed by atoms with Crippen LogP contribution < -0.4 is 21.3 Å². The summed E-state index contributed by atoms with van der Waals surface area (Å²) in [4.78, 5) is 63.7. The van der Waals surface area contributed by atoms with E-state index >= 15 is 0 Å². The summed E-state index contributed by atoms with van der Waals surface area (Å²) in [6.07, 6.45) is 3.10. The average molecular weight is 501 g/mol. The second kappa shape index (κ2) is 12.9. The summed E-state index contributed by atoms with van der Waals surface area (Å²) in [7, 11) is 2.96. The predicted molar refractivity (Wildman–Crippen MR) is 127 cm³/mol. The molecule has 33 heavy (non-hydrogen) atoms. The van der Waals surface area contributed by atoms with Gasteiger partial charge in [-0.15, -0.1) is 0 Å². The lowest BCUT2D eigenvalue weighted by Gasteiger charge is -2.27. The predicted octanol–water partition coefficient (Wildman–Crippen LogP) is 0.278. The second-order valence-electron chi connectivity index (χ2n) is 8.31. The monoisotopic (exact) mass is 500 g/mol. The Morgan fingerprint density at radius 2 is 1.64 bits per heavy atom. The molecule has 0 aromatic carbocycles. The number of hydrogen-bond acceptors (Lipinski definition) is 8. The largest absolute Gasteiger partial charge is 0.456 e. The number of fused-ring (bicyclic) bond motifs is 7. The molecule has 5 atom stereocenters. The van der Waals surface area contributed by atoms with Crippen LogP contribution in [0.25, 0.3) is 0 Å². The van der Waals surface area contributed by atoms with E-state index in [1.54, 1.807) is 19.9 Å². The minimum atomic E-state index is -0.987. The van der Waals surface area contributed by atoms with Crippen LogP contribution in [0.4, 0.5) is 0 Å². The highest BCUT2D eigenvalue weighted by atomic mass is 33.1. The van der Waals surface area contributed by atoms with Crippen molar-refractivity contribution >= 4 is 51.2 Å². The summed E-state index contributed by atoms with van der Waals surface area (Å²) in [5.74, 6) is -2.05. The van der Waals surface area contributed by atoms with Gasteiger partial charge < -0.3 is 26.0 Å². The molecule has 184 valence electrons. The van der Waals surface area contributed by atoms with Gasteiger partial charge in [0.15, 0.2) is 0 Å². The van der Waals surface area contributed by atoms with Crippen molar-refractivity contribution in [2.75, 3.05) is 11.5 Å². The lowest BCUT2D eigenvalue weighted by Crippen LogP contribution is -2.59. The topological polar surface area (TPSA) is 143 Å². The van der Waals surface area contributed by atoms with Crippen LogP contribution in [0, 0.1) is 5.92 Å². The number of ether oxygens (including phenoxy) is 1. The maximum absolute atomic E-state index is 13.0. The summed E-state index contributed by atoms with van der Waals surface area (Å²) in [5.41, 5.74) is 0. The number of hydrogen-bond donors (Lipinski definition) is 4. The molecule has 0 spiro atoms. The molecule has 2 heterocycles. The molecular formula is C21H32N4O6S2. The van der Waals surface area contributed by atoms with Crippen molar-refractivity contribution < 1.29 is 28.7 Å². The maximum Gasteiger partial charge on any atom is 0.328 e. The highest BCUT2D eigenvalue weighted by molar-refractivity contribution is 8.76. The first-order valence-electron chi connectivity index (χ1n) is 10.9. The molecule has 10 nitrogen and oxygen atoms in total. The zero-order valence-corrected chi connectivity index (χ0v) is 20.8. The molecule has 0 saturated carbocycles. The first kappa shape index (κ1) is 27.0. The Morgan fingerprint density at radius 1 is 0.909 bits per heavy atom. The summed E-state index contributed by atoms with van der Waals surface area (Å²) < 4.78 is 5.47. The normalized spacial score (nSPS) is 31.1. The van der Waals surface area contributed by atoms with Crippen molar-refractivity contribution in [1.29, 1.82) is 0 Å². The van der Waals surface area contributed by atoms with Gasteiger partial charge in [-0.3, -0.25) is 19.2 Å². The number of allylic oxidation sites excluding steroid dienone is 1. The molecule has 1 fully saturated rings. The zero-order valence-electron chi connectivity index (χ0n) is 19.2. The Balaban J connectivity index is 2.44. The highest BCUT2D eigenvalue weighted by Gasteiger charge is 2.32. The third-order valence-corrected chi connectivity index (χ3v) is 7.50. The lowest BCUT2D eigenvalue weighted by atomic mass is 10.0. The first-order valence-corrected chi connectivity index (χ1v) is 13.4. The highest BCUT2D eigenvalue weighted by Crippen LogP contribution is 2.23. The molecule has 1 saturated heterocycles. The Bertz CT molecular complexity index is 791. The van der Waals surface area contributed by atoms with Crippen LogP contribution >= 0.6 is 21.6 Å². The number of rotatable bonds is 1. The molecule has 2 aliphatic heterocycles. The quantitative estimate of drug-likeness (QED) is 0.228. The summed E-state index contributed by atoms with van der Waals surface area (Å²) in [5, 5.41) is 10.5. The van der Waals surface area contributed by atoms with Gasteiger partial charge in [-0.2, -0.15) is 0 Å². The van der Waals surface area contributed by atoms with Crippen molar-refractivity contribution in [3.63, 3.8) is 0 Å². The van der Waals surface area contributed by atoms with Gasteiger partial charge in [0.05, 0.1) is 6.42 Å². The van der Waals surface area contributed by atoms with E-state index in [1.807, 2.05) is 6.08 Å². The summed E-state index contributed by atoms with van der Waals surface area (Å²) >= 11 is 0. The molecular weight excluding hydrogens is 468 g/mol. The van der Waals surface area contributed by atoms with Gasteiger partial charge in [-0.25, -0.2) is 4.79 Å². The van der Waals surface area contributed by atoms with Crippen LogP contribution in [0.15, 0.2) is 12.2 Å². The van der Waals surface area contributed by atoms with Crippen molar-refractivity contribution in [2.45, 2.75) is 70.8 Å². The number of amides is 4. The SMILES string of the molecule is CC(C)[C@H]1NC(=O)[C@H]2CSSCCC=C[C@H](CC(=O)N[C@H](C)C(=O)N2)OC(=O)[C@@H](C)NC1=O. The van der Waals surface area contributed by atoms with Crippen LogP contribution in [0.1, 0.15) is 40.5 Å². The molecule has 0 radical (unpaired) electrons. The van der Waals surface area contributed by atoms with Gasteiger partial charge in [0.1, 0.15) is 30.3 Å². The van der Waals surface area contributed by atoms with E-state index in [0.717, 1.165) is 5.75 Å². The summed E-state index contributed by atoms with van der Waals surface area (Å²) in [6, 6.07) is -3.72. The van der Waals surface area contributed by atoms with Crippen molar-refractivity contribution in [1.82, 2.24) is 21.3 Å². The van der Waals surface area contributed by atoms with Gasteiger partial charge in [0.2, 0.25) is 23.6 Å². The van der Waals surface area contributed by atoms with E-state index in [1.165, 1.54) is 35.4 Å². The lowest BCUT2D eigenvalue weighted by molar-refractivity contribution is -0.152. The molecule has 0 aromatic heterocycles. The number of nitrogens with one attached hydrogen (secondary N) is 4. The van der Waals surface area contributed by atoms with Crippen LogP contribution in [-0.2, 0) is 28.7 Å². The molecule has 0 aliphatic carbocycles. The molecule has 2 bridgehead atoms. The standard InChI is InChI=1S/C21H32N4O6S2/c1-11(2)17-20(29)23-13(4)21(30)31-14-7-5-6-8-32-33-10-15(19(28)25-17)24-18(27)12(3)22-16(26)9-14/h5,7,11-15,17H,6,8-10H2,1-4H3,(H,22,26)(H,23,29)(H,24,27)(H,25,28)/t12-,13-,14-,15-,17-/m1/s1. The zero-order chi connectivity index (χ0) is 24.5. The van der Waals surface area contributed by atoms with Gasteiger partial charge >= 0.3 is 5.97 Å². The number of esters is 1. The molecule has 2 aliphatic rings. The van der Waals surface area contributed by atoms with Crippen molar-refractivity contribution in [2.24, 2.45) is 5.92 Å². The molecule has 2 rings (SSSR count). The maximum atomic E-state index is 13.0. The molecule has 0 unspecified atom stereocenters. The van der Waals surface area contributed by atoms with Crippen LogP contribution in [-0.4, -0.2) is 71.4 Å². The van der Waals surface area contributed by atoms with Gasteiger partial charge in [0.25, 0.3) is 0 Å². The Kier molecular flexibility index (Phi) is 10.6. The van der Waals surface area contributed by atoms with Crippen LogP contribution in [0.3, 0.4) is 0 Å². The minimum Gasteiger partial charge on any atom is -0.456 e. The van der Waals surface area contributed by atoms with Crippen LogP contribution in [0.5, 0.6) is 0 Å². The van der Waals surface area contributed by atoms with E-state index in [0.29, 0.717) is 6.42 Å². The average Bonchev–Trinajstić information content (AvgIpc) is 2.73. The molecule has 4 N–H and O–H groups in total. The van der Waals surface area contributed by atoms with E-state index in [4.69, 9.17) is 4.74 Å². The molecule has 0 aromatic rings. The van der Waals surface area contributed by atoms with Gasteiger partial charge in [-0.1, -0.05) is 41.5 Å². The smallest absolute Gasteiger partial charge is 0.328 e. The van der Waals surface area contributed by atoms with Crippen LogP contribution in [0.2, 0.25) is 0 Å². The molecule has 12 heteroatoms. The fourth-order valence-corrected chi connectivity index (χ4v) is 5.28. The summed E-state index contributed by atoms with van der Waals surface area (Å²) in [6.45, 7) is 6.53. The van der Waals surface area contributed by atoms with Gasteiger partial charge in [-0.05, 0) is 32.3 Å². The Hall–Kier alpha value is -2.21. The number of carbonyl (C=O) groups is 5. The second-order valence-corrected chi connectivity index (χ2v) is 10.9. The Morgan fingerprint density at radius 3 is 2.33 bits per heavy atom. The van der Waals surface area contributed by atoms with Crippen molar-refractivity contribution in [3.05, 3.63) is 12.2 Å². The van der Waals surface area contributed by atoms with Gasteiger partial charge in [0, 0.05) is 11.5 Å². The fourth-order valence-electron chi connectivity index (χ4n) is 3.12. The third kappa shape index (κ3) is 8.58. The van der Waals surface area contributed by atoms with E-state index in [9.17, 15) is 24.0 Å². The van der Waals surface area contributed by atoms with E-state index < -0.39 is 59.9 Å². The first-order chi connectivity index (χ1) is 15.6. The third-order valence-electron chi connectivity index (χ3n) is 5.05. The number of carbonyl (C=O) groups excluding carboxylic acids is 5. The van der Waals surface area contributed by atoms with E-state index in [-0.39, 0.29) is 18.1 Å². The minimum absolute atomic E-state index is 0.180. The molecule has 4 amide bonds. The fraction of sp³-hybridized carbons (Fsp3) is 0.667. The Labute approximate surface area is 201 Å². The van der Waals surface area contributed by atoms with Crippen molar-refractivity contribution in [3.8, 4) is 0 Å². The van der Waals surface area contributed by atoms with E-state index in [2.05, 4.69) is 21.3 Å².